The van der Waals surface area contributed by atoms with Crippen LogP contribution in [-0.4, -0.2) is 66.9 Å². The highest BCUT2D eigenvalue weighted by atomic mass is 32.2. The lowest BCUT2D eigenvalue weighted by Crippen LogP contribution is -2.36. The average Bonchev–Trinajstić information content (AvgIpc) is 3.91. The molecule has 5 aromatic rings. The van der Waals surface area contributed by atoms with Crippen molar-refractivity contribution >= 4 is 34.7 Å². The molecule has 0 spiro atoms. The van der Waals surface area contributed by atoms with Gasteiger partial charge in [0.25, 0.3) is 0 Å². The minimum absolute atomic E-state index is 0.0530. The first-order chi connectivity index (χ1) is 28.4. The zero-order valence-corrected chi connectivity index (χ0v) is 33.8. The van der Waals surface area contributed by atoms with Gasteiger partial charge in [-0.2, -0.15) is 11.8 Å². The van der Waals surface area contributed by atoms with Crippen molar-refractivity contribution in [3.8, 4) is 34.2 Å². The van der Waals surface area contributed by atoms with Crippen molar-refractivity contribution in [2.75, 3.05) is 12.3 Å². The van der Waals surface area contributed by atoms with Gasteiger partial charge in [0.2, 0.25) is 5.91 Å². The molecule has 3 atom stereocenters. The van der Waals surface area contributed by atoms with E-state index in [1.807, 2.05) is 53.0 Å². The molecule has 58 heavy (non-hydrogen) atoms. The Morgan fingerprint density at radius 2 is 1.71 bits per heavy atom. The van der Waals surface area contributed by atoms with Gasteiger partial charge in [-0.15, -0.1) is 0 Å². The van der Waals surface area contributed by atoms with Crippen LogP contribution in [-0.2, 0) is 11.3 Å². The van der Waals surface area contributed by atoms with Crippen molar-refractivity contribution in [1.29, 1.82) is 5.41 Å². The second-order valence-electron chi connectivity index (χ2n) is 15.9. The van der Waals surface area contributed by atoms with Crippen molar-refractivity contribution in [3.05, 3.63) is 108 Å². The molecule has 11 heteroatoms. The predicted molar refractivity (Wildman–Crippen MR) is 231 cm³/mol. The fraction of sp³-hybridized carbons (Fsp3) is 0.404. The molecule has 1 aliphatic carbocycles. The number of carbonyl (C=O) groups is 2. The van der Waals surface area contributed by atoms with Gasteiger partial charge in [-0.3, -0.25) is 10.2 Å². The Hall–Kier alpha value is -5.31. The van der Waals surface area contributed by atoms with Crippen molar-refractivity contribution in [1.82, 2.24) is 30.1 Å². The summed E-state index contributed by atoms with van der Waals surface area (Å²) in [5, 5.41) is 30.2. The average molecular weight is 796 g/mol. The number of unbranched alkanes of at least 4 members (excludes halogenated alkanes) is 3. The van der Waals surface area contributed by atoms with E-state index in [-0.39, 0.29) is 36.2 Å². The van der Waals surface area contributed by atoms with E-state index in [0.29, 0.717) is 30.2 Å². The fourth-order valence-electron chi connectivity index (χ4n) is 8.84. The van der Waals surface area contributed by atoms with E-state index in [9.17, 15) is 20.1 Å². The van der Waals surface area contributed by atoms with Crippen LogP contribution < -0.4 is 21.4 Å². The highest BCUT2D eigenvalue weighted by molar-refractivity contribution is 8.00. The third kappa shape index (κ3) is 9.04. The standard InChI is InChI=1S/C47H53N7O3S/c48-45-42-41(34-17-6-3-7-18-34)44(35-19-8-4-9-20-35)53(46(42)50-31-54(45)36-23-25-37(55)26-24-36)29-33-16-13-15-32(28-33)14-5-1-2-12-27-49-40(56)22-11-10-21-39-43-38(30-58-39)51-47(57)52-43/h3-4,6-9,13,15-20,28,31,36-39,43,48,55H,1-2,10-12,21-27,29-30H2,(H,49,56)(H2,51,52,57)/t36?,37?,38-,39-,43-/m0/s1. The molecule has 8 rings (SSSR count). The van der Waals surface area contributed by atoms with Crippen LogP contribution in [0.1, 0.15) is 87.8 Å². The smallest absolute Gasteiger partial charge is 0.315 e. The number of benzene rings is 3. The van der Waals surface area contributed by atoms with Gasteiger partial charge < -0.3 is 30.2 Å². The summed E-state index contributed by atoms with van der Waals surface area (Å²) in [7, 11) is 0. The van der Waals surface area contributed by atoms with E-state index in [1.165, 1.54) is 0 Å². The van der Waals surface area contributed by atoms with Crippen molar-refractivity contribution in [3.63, 3.8) is 0 Å². The summed E-state index contributed by atoms with van der Waals surface area (Å²) in [6, 6.07) is 29.7. The summed E-state index contributed by atoms with van der Waals surface area (Å²) >= 11 is 1.92. The van der Waals surface area contributed by atoms with Crippen molar-refractivity contribution in [2.45, 2.75) is 107 Å². The molecule has 10 nitrogen and oxygen atoms in total. The molecule has 3 fully saturated rings. The van der Waals surface area contributed by atoms with E-state index in [2.05, 4.69) is 87.0 Å². The second-order valence-corrected chi connectivity index (χ2v) is 17.2. The Balaban J connectivity index is 0.918. The molecule has 1 saturated carbocycles. The van der Waals surface area contributed by atoms with Gasteiger partial charge in [0.15, 0.2) is 0 Å². The molecule has 3 amide bonds. The number of aromatic nitrogens is 3. The molecule has 2 aliphatic heterocycles. The van der Waals surface area contributed by atoms with Crippen molar-refractivity contribution < 1.29 is 14.7 Å². The number of aliphatic hydroxyl groups is 1. The number of hydrogen-bond donors (Lipinski definition) is 5. The Kier molecular flexibility index (Phi) is 12.6. The topological polar surface area (TPSA) is 137 Å². The van der Waals surface area contributed by atoms with Crippen LogP contribution in [0.5, 0.6) is 0 Å². The summed E-state index contributed by atoms with van der Waals surface area (Å²) in [6.45, 7) is 1.22. The van der Waals surface area contributed by atoms with Gasteiger partial charge in [-0.25, -0.2) is 9.78 Å². The van der Waals surface area contributed by atoms with E-state index < -0.39 is 0 Å². The molecule has 4 heterocycles. The molecular formula is C47H53N7O3S. The first-order valence-corrected chi connectivity index (χ1v) is 22.0. The van der Waals surface area contributed by atoms with E-state index in [4.69, 9.17) is 4.98 Å². The first kappa shape index (κ1) is 39.5. The van der Waals surface area contributed by atoms with Gasteiger partial charge in [-0.1, -0.05) is 91.1 Å². The van der Waals surface area contributed by atoms with Gasteiger partial charge in [-0.05, 0) is 80.2 Å². The SMILES string of the molecule is N=c1c2c(-c3ccccc3)c(-c3ccccc3)n(Cc3cccc(C#CCCCCNC(=O)CCCC[C@@H]4SC[C@@H]5NC(=O)N[C@@H]54)c3)c2ncn1C1CCC(O)CC1. The largest absolute Gasteiger partial charge is 0.393 e. The highest BCUT2D eigenvalue weighted by Crippen LogP contribution is 2.40. The van der Waals surface area contributed by atoms with Gasteiger partial charge in [0.05, 0.1) is 35.6 Å². The molecule has 5 N–H and O–H groups in total. The summed E-state index contributed by atoms with van der Waals surface area (Å²) in [5.41, 5.74) is 7.43. The first-order valence-electron chi connectivity index (χ1n) is 20.9. The zero-order valence-electron chi connectivity index (χ0n) is 33.0. The molecule has 3 aromatic carbocycles. The number of hydrogen-bond acceptors (Lipinski definition) is 6. The number of carbonyl (C=O) groups excluding carboxylic acids is 2. The maximum Gasteiger partial charge on any atom is 0.315 e. The summed E-state index contributed by atoms with van der Waals surface area (Å²) in [4.78, 5) is 29.1. The molecular weight excluding hydrogens is 743 g/mol. The molecule has 0 unspecified atom stereocenters. The van der Waals surface area contributed by atoms with Crippen LogP contribution in [0, 0.1) is 17.3 Å². The molecule has 0 bridgehead atoms. The number of amides is 3. The Morgan fingerprint density at radius 3 is 2.50 bits per heavy atom. The molecule has 300 valence electrons. The minimum atomic E-state index is -0.271. The van der Waals surface area contributed by atoms with Gasteiger partial charge >= 0.3 is 6.03 Å². The second kappa shape index (κ2) is 18.5. The highest BCUT2D eigenvalue weighted by Gasteiger charge is 2.42. The maximum absolute atomic E-state index is 12.4. The number of thioether (sulfide) groups is 1. The molecule has 2 saturated heterocycles. The normalized spacial score (nSPS) is 21.2. The third-order valence-electron chi connectivity index (χ3n) is 11.8. The van der Waals surface area contributed by atoms with E-state index in [1.54, 1.807) is 0 Å². The van der Waals surface area contributed by atoms with Crippen molar-refractivity contribution in [2.24, 2.45) is 0 Å². The number of fused-ring (bicyclic) bond motifs is 2. The summed E-state index contributed by atoms with van der Waals surface area (Å²) < 4.78 is 4.28. The predicted octanol–water partition coefficient (Wildman–Crippen LogP) is 7.54. The third-order valence-corrected chi connectivity index (χ3v) is 13.3. The number of rotatable bonds is 14. The maximum atomic E-state index is 12.4. The lowest BCUT2D eigenvalue weighted by Gasteiger charge is -2.27. The molecule has 2 aromatic heterocycles. The van der Waals surface area contributed by atoms with Crippen LogP contribution in [0.3, 0.4) is 0 Å². The molecule has 3 aliphatic rings. The molecule has 0 radical (unpaired) electrons. The Bertz CT molecular complexity index is 2340. The van der Waals surface area contributed by atoms with Crippen LogP contribution in [0.4, 0.5) is 4.79 Å². The summed E-state index contributed by atoms with van der Waals surface area (Å²) in [6.07, 6.45) is 10.7. The van der Waals surface area contributed by atoms with Crippen LogP contribution in [0.2, 0.25) is 0 Å². The van der Waals surface area contributed by atoms with E-state index in [0.717, 1.165) is 115 Å². The minimum Gasteiger partial charge on any atom is -0.393 e. The van der Waals surface area contributed by atoms with Gasteiger partial charge in [0, 0.05) is 54.1 Å². The monoisotopic (exact) mass is 795 g/mol. The Morgan fingerprint density at radius 1 is 0.931 bits per heavy atom. The zero-order chi connectivity index (χ0) is 39.8. The lowest BCUT2D eigenvalue weighted by atomic mass is 9.93. The number of urea groups is 1. The number of nitrogens with zero attached hydrogens (tertiary/aromatic N) is 3. The van der Waals surface area contributed by atoms with Crippen LogP contribution >= 0.6 is 11.8 Å². The van der Waals surface area contributed by atoms with E-state index >= 15 is 0 Å². The summed E-state index contributed by atoms with van der Waals surface area (Å²) in [5.74, 6) is 7.79. The number of nitrogens with one attached hydrogen (secondary N) is 4. The quantitative estimate of drug-likeness (QED) is 0.0450. The van der Waals surface area contributed by atoms with Crippen LogP contribution in [0.25, 0.3) is 33.4 Å². The fourth-order valence-corrected chi connectivity index (χ4v) is 10.4. The van der Waals surface area contributed by atoms with Crippen LogP contribution in [0.15, 0.2) is 91.3 Å². The Labute approximate surface area is 344 Å². The lowest BCUT2D eigenvalue weighted by molar-refractivity contribution is -0.121. The van der Waals surface area contributed by atoms with Gasteiger partial charge in [0.1, 0.15) is 11.1 Å². The number of aliphatic hydroxyl groups excluding tert-OH is 1.